The Morgan fingerprint density at radius 1 is 1.43 bits per heavy atom. The number of aromatic nitrogens is 3. The maximum absolute atomic E-state index is 12.4. The van der Waals surface area contributed by atoms with Gasteiger partial charge in [-0.25, -0.2) is 9.67 Å². The molecular weight excluding hydrogens is 312 g/mol. The Hall–Kier alpha value is -1.57. The Balaban J connectivity index is 1.54. The van der Waals surface area contributed by atoms with Crippen LogP contribution in [0.15, 0.2) is 16.4 Å². The summed E-state index contributed by atoms with van der Waals surface area (Å²) in [5, 5.41) is 8.14. The van der Waals surface area contributed by atoms with Gasteiger partial charge in [0.1, 0.15) is 0 Å². The van der Waals surface area contributed by atoms with Crippen molar-refractivity contribution in [3.05, 3.63) is 43.8 Å². The van der Waals surface area contributed by atoms with E-state index in [4.69, 9.17) is 4.74 Å². The number of fused-ring (bicyclic) bond motifs is 1. The zero-order valence-electron chi connectivity index (χ0n) is 13.1. The lowest BCUT2D eigenvalue weighted by Crippen LogP contribution is -2.41. The maximum Gasteiger partial charge on any atom is 0.267 e. The van der Waals surface area contributed by atoms with E-state index in [-0.39, 0.29) is 17.6 Å². The van der Waals surface area contributed by atoms with E-state index < -0.39 is 0 Å². The highest BCUT2D eigenvalue weighted by Crippen LogP contribution is 2.22. The van der Waals surface area contributed by atoms with E-state index in [0.29, 0.717) is 13.2 Å². The average Bonchev–Trinajstić information content (AvgIpc) is 3.24. The Morgan fingerprint density at radius 3 is 3.17 bits per heavy atom. The van der Waals surface area contributed by atoms with E-state index in [1.165, 1.54) is 4.88 Å². The molecule has 2 unspecified atom stereocenters. The minimum atomic E-state index is -0.0402. The van der Waals surface area contributed by atoms with Crippen molar-refractivity contribution in [1.82, 2.24) is 20.1 Å². The van der Waals surface area contributed by atoms with Crippen LogP contribution in [0.5, 0.6) is 0 Å². The molecule has 0 saturated carbocycles. The number of nitrogens with zero attached hydrogens (tertiary/aromatic N) is 3. The molecule has 0 spiro atoms. The normalized spacial score (nSPS) is 23.3. The molecule has 1 saturated heterocycles. The second kappa shape index (κ2) is 6.14. The van der Waals surface area contributed by atoms with E-state index in [0.717, 1.165) is 42.8 Å². The van der Waals surface area contributed by atoms with Gasteiger partial charge in [-0.3, -0.25) is 4.79 Å². The highest BCUT2D eigenvalue weighted by Gasteiger charge is 2.32. The van der Waals surface area contributed by atoms with Crippen molar-refractivity contribution in [2.24, 2.45) is 0 Å². The van der Waals surface area contributed by atoms with Gasteiger partial charge in [0.2, 0.25) is 0 Å². The Kier molecular flexibility index (Phi) is 4.00. The van der Waals surface area contributed by atoms with Crippen LogP contribution in [0.25, 0.3) is 0 Å². The SMILES string of the molecule is Cc1ncsc1CNC1COCC1n1nc2c(cc1=O)CCC2. The van der Waals surface area contributed by atoms with Crippen molar-refractivity contribution in [1.29, 1.82) is 0 Å². The zero-order chi connectivity index (χ0) is 15.8. The van der Waals surface area contributed by atoms with E-state index in [2.05, 4.69) is 15.4 Å². The van der Waals surface area contributed by atoms with Crippen LogP contribution in [0.3, 0.4) is 0 Å². The summed E-state index contributed by atoms with van der Waals surface area (Å²) in [5.74, 6) is 0. The summed E-state index contributed by atoms with van der Waals surface area (Å²) in [6.45, 7) is 3.90. The molecule has 2 aliphatic rings. The lowest BCUT2D eigenvalue weighted by Gasteiger charge is -2.20. The third-order valence-corrected chi connectivity index (χ3v) is 5.65. The topological polar surface area (TPSA) is 69.0 Å². The second-order valence-electron chi connectivity index (χ2n) is 6.21. The first kappa shape index (κ1) is 15.0. The van der Waals surface area contributed by atoms with Crippen LogP contribution in [-0.2, 0) is 24.1 Å². The van der Waals surface area contributed by atoms with Gasteiger partial charge in [-0.15, -0.1) is 11.3 Å². The fourth-order valence-electron chi connectivity index (χ4n) is 3.35. The van der Waals surface area contributed by atoms with Gasteiger partial charge in [0.15, 0.2) is 0 Å². The number of ether oxygens (including phenoxy) is 1. The number of rotatable bonds is 4. The van der Waals surface area contributed by atoms with Gasteiger partial charge in [-0.2, -0.15) is 5.10 Å². The summed E-state index contributed by atoms with van der Waals surface area (Å²) in [6, 6.07) is 1.82. The molecule has 3 heterocycles. The quantitative estimate of drug-likeness (QED) is 0.912. The average molecular weight is 332 g/mol. The predicted octanol–water partition coefficient (Wildman–Crippen LogP) is 1.23. The summed E-state index contributed by atoms with van der Waals surface area (Å²) in [5.41, 5.74) is 5.11. The molecule has 122 valence electrons. The summed E-state index contributed by atoms with van der Waals surface area (Å²) >= 11 is 1.65. The Morgan fingerprint density at radius 2 is 2.35 bits per heavy atom. The molecule has 6 nitrogen and oxygen atoms in total. The van der Waals surface area contributed by atoms with Gasteiger partial charge in [0.25, 0.3) is 5.56 Å². The first-order valence-electron chi connectivity index (χ1n) is 8.04. The molecule has 2 aromatic heterocycles. The molecule has 1 aliphatic carbocycles. The predicted molar refractivity (Wildman–Crippen MR) is 87.9 cm³/mol. The van der Waals surface area contributed by atoms with Gasteiger partial charge in [-0.1, -0.05) is 0 Å². The van der Waals surface area contributed by atoms with E-state index in [1.54, 1.807) is 22.1 Å². The van der Waals surface area contributed by atoms with Crippen molar-refractivity contribution in [2.75, 3.05) is 13.2 Å². The van der Waals surface area contributed by atoms with Crippen molar-refractivity contribution < 1.29 is 4.74 Å². The summed E-state index contributed by atoms with van der Waals surface area (Å²) in [4.78, 5) is 17.9. The third-order valence-electron chi connectivity index (χ3n) is 4.72. The molecule has 0 aromatic carbocycles. The molecule has 23 heavy (non-hydrogen) atoms. The van der Waals surface area contributed by atoms with Crippen LogP contribution < -0.4 is 10.9 Å². The van der Waals surface area contributed by atoms with E-state index in [9.17, 15) is 4.79 Å². The largest absolute Gasteiger partial charge is 0.377 e. The van der Waals surface area contributed by atoms with E-state index in [1.807, 2.05) is 12.4 Å². The first-order chi connectivity index (χ1) is 11.2. The second-order valence-corrected chi connectivity index (χ2v) is 7.15. The highest BCUT2D eigenvalue weighted by atomic mass is 32.1. The van der Waals surface area contributed by atoms with Gasteiger partial charge >= 0.3 is 0 Å². The van der Waals surface area contributed by atoms with Crippen molar-refractivity contribution >= 4 is 11.3 Å². The van der Waals surface area contributed by atoms with Gasteiger partial charge in [0, 0.05) is 17.5 Å². The molecule has 1 aliphatic heterocycles. The number of hydrogen-bond donors (Lipinski definition) is 1. The van der Waals surface area contributed by atoms with Crippen molar-refractivity contribution in [3.8, 4) is 0 Å². The fraction of sp³-hybridized carbons (Fsp3) is 0.562. The number of nitrogens with one attached hydrogen (secondary N) is 1. The van der Waals surface area contributed by atoms with Gasteiger partial charge in [0.05, 0.1) is 42.2 Å². The lowest BCUT2D eigenvalue weighted by molar-refractivity contribution is 0.180. The first-order valence-corrected chi connectivity index (χ1v) is 8.92. The summed E-state index contributed by atoms with van der Waals surface area (Å²) in [6.07, 6.45) is 3.05. The minimum absolute atomic E-state index is 0.0121. The standard InChI is InChI=1S/C16H20N4O2S/c1-10-15(23-9-18-10)6-17-13-7-22-8-14(13)20-16(21)5-11-3-2-4-12(11)19-20/h5,9,13-14,17H,2-4,6-8H2,1H3. The van der Waals surface area contributed by atoms with Crippen LogP contribution in [0.4, 0.5) is 0 Å². The van der Waals surface area contributed by atoms with E-state index >= 15 is 0 Å². The molecule has 7 heteroatoms. The molecule has 2 atom stereocenters. The molecule has 0 bridgehead atoms. The van der Waals surface area contributed by atoms with Gasteiger partial charge < -0.3 is 10.1 Å². The summed E-state index contributed by atoms with van der Waals surface area (Å²) < 4.78 is 7.26. The summed E-state index contributed by atoms with van der Waals surface area (Å²) in [7, 11) is 0. The molecule has 1 N–H and O–H groups in total. The molecule has 0 radical (unpaired) electrons. The molecule has 4 rings (SSSR count). The number of hydrogen-bond acceptors (Lipinski definition) is 6. The fourth-order valence-corrected chi connectivity index (χ4v) is 4.08. The molecule has 0 amide bonds. The third kappa shape index (κ3) is 2.84. The van der Waals surface area contributed by atoms with Crippen LogP contribution in [0.1, 0.15) is 34.3 Å². The number of aryl methyl sites for hydroxylation is 3. The number of thiazole rings is 1. The molecular formula is C16H20N4O2S. The highest BCUT2D eigenvalue weighted by molar-refractivity contribution is 7.09. The molecule has 1 fully saturated rings. The van der Waals surface area contributed by atoms with Crippen LogP contribution in [-0.4, -0.2) is 34.0 Å². The monoisotopic (exact) mass is 332 g/mol. The van der Waals surface area contributed by atoms with Crippen LogP contribution in [0.2, 0.25) is 0 Å². The van der Waals surface area contributed by atoms with Crippen molar-refractivity contribution in [2.45, 2.75) is 44.8 Å². The lowest BCUT2D eigenvalue weighted by atomic mass is 10.1. The Bertz CT molecular complexity index is 770. The van der Waals surface area contributed by atoms with Crippen molar-refractivity contribution in [3.63, 3.8) is 0 Å². The zero-order valence-corrected chi connectivity index (χ0v) is 13.9. The Labute approximate surface area is 138 Å². The smallest absolute Gasteiger partial charge is 0.267 e. The van der Waals surface area contributed by atoms with Crippen LogP contribution in [0, 0.1) is 6.92 Å². The minimum Gasteiger partial charge on any atom is -0.377 e. The maximum atomic E-state index is 12.4. The molecule has 2 aromatic rings. The van der Waals surface area contributed by atoms with Gasteiger partial charge in [-0.05, 0) is 31.7 Å². The van der Waals surface area contributed by atoms with Crippen LogP contribution >= 0.6 is 11.3 Å².